The molecule has 0 aromatic carbocycles. The maximum absolute atomic E-state index is 9.36. The topological polar surface area (TPSA) is 49.7 Å². The van der Waals surface area contributed by atoms with E-state index in [1.54, 1.807) is 11.8 Å². The lowest BCUT2D eigenvalue weighted by Gasteiger charge is -2.14. The fourth-order valence-corrected chi connectivity index (χ4v) is 2.30. The lowest BCUT2D eigenvalue weighted by atomic mass is 10.2. The van der Waals surface area contributed by atoms with Crippen molar-refractivity contribution in [2.45, 2.75) is 37.6 Å². The van der Waals surface area contributed by atoms with Crippen LogP contribution in [0.5, 0.6) is 0 Å². The van der Waals surface area contributed by atoms with Crippen molar-refractivity contribution in [2.75, 3.05) is 5.75 Å². The van der Waals surface area contributed by atoms with Gasteiger partial charge in [-0.25, -0.2) is 0 Å². The van der Waals surface area contributed by atoms with Crippen molar-refractivity contribution >= 4 is 11.8 Å². The molecule has 0 saturated carbocycles. The first-order chi connectivity index (χ1) is 5.16. The van der Waals surface area contributed by atoms with Crippen molar-refractivity contribution < 1.29 is 14.9 Å². The lowest BCUT2D eigenvalue weighted by Crippen LogP contribution is -2.29. The van der Waals surface area contributed by atoms with E-state index in [0.717, 1.165) is 5.75 Å². The molecule has 4 heteroatoms. The zero-order valence-electron chi connectivity index (χ0n) is 6.73. The number of aliphatic hydroxyl groups excluding tert-OH is 2. The molecule has 1 rings (SSSR count). The van der Waals surface area contributed by atoms with Crippen LogP contribution >= 0.6 is 11.8 Å². The van der Waals surface area contributed by atoms with E-state index in [0.29, 0.717) is 0 Å². The molecule has 1 aliphatic rings. The van der Waals surface area contributed by atoms with E-state index in [2.05, 4.69) is 0 Å². The summed E-state index contributed by atoms with van der Waals surface area (Å²) in [6, 6.07) is 0. The molecule has 0 unspecified atom stereocenters. The summed E-state index contributed by atoms with van der Waals surface area (Å²) in [4.78, 5) is 0. The van der Waals surface area contributed by atoms with Gasteiger partial charge in [-0.05, 0) is 12.7 Å². The third-order valence-electron chi connectivity index (χ3n) is 1.80. The minimum Gasteiger partial charge on any atom is -0.387 e. The first-order valence-corrected chi connectivity index (χ1v) is 4.85. The van der Waals surface area contributed by atoms with Gasteiger partial charge in [-0.3, -0.25) is 0 Å². The van der Waals surface area contributed by atoms with Gasteiger partial charge in [0.15, 0.2) is 6.29 Å². The Balaban J connectivity index is 2.49. The summed E-state index contributed by atoms with van der Waals surface area (Å²) < 4.78 is 5.02. The molecule has 1 fully saturated rings. The van der Waals surface area contributed by atoms with Gasteiger partial charge in [0.2, 0.25) is 0 Å². The highest BCUT2D eigenvalue weighted by molar-refractivity contribution is 8.00. The van der Waals surface area contributed by atoms with Crippen LogP contribution in [-0.4, -0.2) is 39.7 Å². The van der Waals surface area contributed by atoms with Gasteiger partial charge < -0.3 is 14.9 Å². The van der Waals surface area contributed by atoms with Crippen molar-refractivity contribution in [1.29, 1.82) is 0 Å². The molecule has 0 amide bonds. The maximum atomic E-state index is 9.36. The maximum Gasteiger partial charge on any atom is 0.182 e. The lowest BCUT2D eigenvalue weighted by molar-refractivity contribution is -0.123. The molecule has 66 valence electrons. The Morgan fingerprint density at radius 1 is 1.45 bits per heavy atom. The minimum atomic E-state index is -0.992. The van der Waals surface area contributed by atoms with E-state index < -0.39 is 12.4 Å². The van der Waals surface area contributed by atoms with Gasteiger partial charge in [0.25, 0.3) is 0 Å². The number of aliphatic hydroxyl groups is 2. The smallest absolute Gasteiger partial charge is 0.182 e. The molecule has 1 aliphatic heterocycles. The molecule has 0 spiro atoms. The van der Waals surface area contributed by atoms with Gasteiger partial charge in [-0.1, -0.05) is 6.92 Å². The molecule has 0 radical (unpaired) electrons. The Kier molecular flexibility index (Phi) is 3.18. The SMILES string of the molecule is CCS[C@@H]1[C@@H](O)[C@H](O)O[C@@H]1C. The van der Waals surface area contributed by atoms with Crippen LogP contribution in [0.1, 0.15) is 13.8 Å². The van der Waals surface area contributed by atoms with E-state index in [-0.39, 0.29) is 11.4 Å². The summed E-state index contributed by atoms with van der Waals surface area (Å²) >= 11 is 1.62. The second-order valence-corrected chi connectivity index (χ2v) is 4.10. The molecular weight excluding hydrogens is 164 g/mol. The van der Waals surface area contributed by atoms with Crippen molar-refractivity contribution in [1.82, 2.24) is 0 Å². The van der Waals surface area contributed by atoms with E-state index in [1.165, 1.54) is 0 Å². The van der Waals surface area contributed by atoms with Crippen LogP contribution in [0.3, 0.4) is 0 Å². The average molecular weight is 178 g/mol. The zero-order valence-corrected chi connectivity index (χ0v) is 7.54. The quantitative estimate of drug-likeness (QED) is 0.634. The van der Waals surface area contributed by atoms with E-state index in [1.807, 2.05) is 13.8 Å². The summed E-state index contributed by atoms with van der Waals surface area (Å²) in [6.45, 7) is 3.89. The third-order valence-corrected chi connectivity index (χ3v) is 3.18. The molecule has 0 bridgehead atoms. The molecule has 0 aromatic heterocycles. The second kappa shape index (κ2) is 3.76. The molecule has 1 heterocycles. The number of thioether (sulfide) groups is 1. The van der Waals surface area contributed by atoms with Gasteiger partial charge in [0, 0.05) is 0 Å². The van der Waals surface area contributed by atoms with Gasteiger partial charge in [0.05, 0.1) is 11.4 Å². The first kappa shape index (κ1) is 9.32. The first-order valence-electron chi connectivity index (χ1n) is 3.80. The summed E-state index contributed by atoms with van der Waals surface area (Å²) in [7, 11) is 0. The Labute approximate surface area is 70.7 Å². The highest BCUT2D eigenvalue weighted by Crippen LogP contribution is 2.29. The average Bonchev–Trinajstić information content (AvgIpc) is 2.17. The fraction of sp³-hybridized carbons (Fsp3) is 1.00. The molecule has 2 N–H and O–H groups in total. The summed E-state index contributed by atoms with van der Waals surface area (Å²) in [5.74, 6) is 0.933. The van der Waals surface area contributed by atoms with Gasteiger partial charge in [0.1, 0.15) is 6.10 Å². The molecule has 11 heavy (non-hydrogen) atoms. The summed E-state index contributed by atoms with van der Waals surface area (Å²) in [5, 5.41) is 18.5. The Hall–Kier alpha value is 0.230. The molecular formula is C7H14O3S. The third kappa shape index (κ3) is 1.87. The van der Waals surface area contributed by atoms with Gasteiger partial charge in [-0.2, -0.15) is 11.8 Å². The largest absolute Gasteiger partial charge is 0.387 e. The Morgan fingerprint density at radius 2 is 2.09 bits per heavy atom. The van der Waals surface area contributed by atoms with Gasteiger partial charge in [-0.15, -0.1) is 0 Å². The second-order valence-electron chi connectivity index (χ2n) is 2.64. The Bertz CT molecular complexity index is 131. The number of rotatable bonds is 2. The molecule has 4 atom stereocenters. The van der Waals surface area contributed by atoms with Crippen molar-refractivity contribution in [3.8, 4) is 0 Å². The molecule has 3 nitrogen and oxygen atoms in total. The monoisotopic (exact) mass is 178 g/mol. The highest BCUT2D eigenvalue weighted by atomic mass is 32.2. The number of ether oxygens (including phenoxy) is 1. The predicted octanol–water partition coefficient (Wildman–Crippen LogP) is 0.206. The van der Waals surface area contributed by atoms with Crippen LogP contribution in [0.25, 0.3) is 0 Å². The number of hydrogen-bond acceptors (Lipinski definition) is 4. The molecule has 0 aromatic rings. The molecule has 1 saturated heterocycles. The Morgan fingerprint density at radius 3 is 2.45 bits per heavy atom. The van der Waals surface area contributed by atoms with Crippen LogP contribution in [0.2, 0.25) is 0 Å². The van der Waals surface area contributed by atoms with Crippen LogP contribution in [0.15, 0.2) is 0 Å². The zero-order chi connectivity index (χ0) is 8.43. The van der Waals surface area contributed by atoms with E-state index >= 15 is 0 Å². The molecule has 0 aliphatic carbocycles. The van der Waals surface area contributed by atoms with Crippen LogP contribution in [0.4, 0.5) is 0 Å². The van der Waals surface area contributed by atoms with E-state index in [9.17, 15) is 5.11 Å². The number of hydrogen-bond donors (Lipinski definition) is 2. The normalized spacial score (nSPS) is 44.7. The summed E-state index contributed by atoms with van der Waals surface area (Å²) in [6.07, 6.45) is -1.77. The van der Waals surface area contributed by atoms with Crippen LogP contribution in [-0.2, 0) is 4.74 Å². The highest BCUT2D eigenvalue weighted by Gasteiger charge is 2.40. The standard InChI is InChI=1S/C7H14O3S/c1-3-11-6-4(2)10-7(9)5(6)8/h4-9H,3H2,1-2H3/t4-,5-,6+,7-/m1/s1. The van der Waals surface area contributed by atoms with Crippen LogP contribution < -0.4 is 0 Å². The van der Waals surface area contributed by atoms with Crippen LogP contribution in [0, 0.1) is 0 Å². The van der Waals surface area contributed by atoms with Crippen molar-refractivity contribution in [3.05, 3.63) is 0 Å². The fourth-order valence-electron chi connectivity index (χ4n) is 1.24. The van der Waals surface area contributed by atoms with Crippen molar-refractivity contribution in [2.24, 2.45) is 0 Å². The summed E-state index contributed by atoms with van der Waals surface area (Å²) in [5.41, 5.74) is 0. The van der Waals surface area contributed by atoms with Crippen molar-refractivity contribution in [3.63, 3.8) is 0 Å². The predicted molar refractivity (Wildman–Crippen MR) is 44.5 cm³/mol. The van der Waals surface area contributed by atoms with Gasteiger partial charge >= 0.3 is 0 Å². The van der Waals surface area contributed by atoms with E-state index in [4.69, 9.17) is 9.84 Å². The minimum absolute atomic E-state index is 0.0231.